The Morgan fingerprint density at radius 1 is 1.00 bits per heavy atom. The molecule has 1 unspecified atom stereocenters. The van der Waals surface area contributed by atoms with Crippen LogP contribution in [-0.4, -0.2) is 85.8 Å². The second-order valence-corrected chi connectivity index (χ2v) is 13.6. The van der Waals surface area contributed by atoms with Gasteiger partial charge < -0.3 is 19.8 Å². The first-order valence-electron chi connectivity index (χ1n) is 14.9. The van der Waals surface area contributed by atoms with Gasteiger partial charge in [0.2, 0.25) is 17.7 Å². The molecular formula is C32H43N3O4S. The Labute approximate surface area is 242 Å². The van der Waals surface area contributed by atoms with Crippen molar-refractivity contribution in [3.8, 4) is 0 Å². The van der Waals surface area contributed by atoms with E-state index >= 15 is 0 Å². The fraction of sp³-hybridized carbons (Fsp3) is 0.594. The van der Waals surface area contributed by atoms with Gasteiger partial charge in [0.05, 0.1) is 29.2 Å². The molecule has 4 aliphatic rings. The quantitative estimate of drug-likeness (QED) is 0.344. The van der Waals surface area contributed by atoms with Gasteiger partial charge in [-0.3, -0.25) is 14.4 Å². The topological polar surface area (TPSA) is 81.2 Å². The minimum atomic E-state index is -0.844. The van der Waals surface area contributed by atoms with E-state index in [0.717, 1.165) is 24.8 Å². The molecule has 2 saturated heterocycles. The van der Waals surface area contributed by atoms with Gasteiger partial charge in [-0.05, 0) is 24.3 Å². The molecule has 1 N–H and O–H groups in total. The third-order valence-electron chi connectivity index (χ3n) is 8.86. The molecule has 216 valence electrons. The first-order valence-corrected chi connectivity index (χ1v) is 15.8. The number of aliphatic hydroxyl groups excluding tert-OH is 1. The molecule has 3 amide bonds. The van der Waals surface area contributed by atoms with Gasteiger partial charge in [0.25, 0.3) is 0 Å². The molecule has 40 heavy (non-hydrogen) atoms. The number of thioether (sulfide) groups is 1. The van der Waals surface area contributed by atoms with Crippen LogP contribution < -0.4 is 0 Å². The maximum Gasteiger partial charge on any atom is 0.247 e. The minimum Gasteiger partial charge on any atom is -0.394 e. The molecule has 7 nitrogen and oxygen atoms in total. The third-order valence-corrected chi connectivity index (χ3v) is 10.6. The summed E-state index contributed by atoms with van der Waals surface area (Å²) in [7, 11) is 0. The Morgan fingerprint density at radius 2 is 1.75 bits per heavy atom. The zero-order valence-corrected chi connectivity index (χ0v) is 24.8. The van der Waals surface area contributed by atoms with Crippen molar-refractivity contribution >= 4 is 29.5 Å². The lowest BCUT2D eigenvalue weighted by Gasteiger charge is -2.39. The van der Waals surface area contributed by atoms with Gasteiger partial charge in [-0.25, -0.2) is 0 Å². The first-order chi connectivity index (χ1) is 19.3. The van der Waals surface area contributed by atoms with E-state index in [1.54, 1.807) is 16.7 Å². The number of benzene rings is 1. The van der Waals surface area contributed by atoms with E-state index in [1.807, 2.05) is 52.3 Å². The second-order valence-electron chi connectivity index (χ2n) is 12.1. The van der Waals surface area contributed by atoms with Crippen LogP contribution in [0.25, 0.3) is 0 Å². The molecule has 2 fully saturated rings. The third kappa shape index (κ3) is 5.13. The summed E-state index contributed by atoms with van der Waals surface area (Å²) in [5.41, 5.74) is 1.05. The highest BCUT2D eigenvalue weighted by Crippen LogP contribution is 2.61. The van der Waals surface area contributed by atoms with E-state index < -0.39 is 28.7 Å². The summed E-state index contributed by atoms with van der Waals surface area (Å²) in [6.07, 6.45) is 11.9. The van der Waals surface area contributed by atoms with Crippen molar-refractivity contribution in [3.63, 3.8) is 0 Å². The van der Waals surface area contributed by atoms with Crippen LogP contribution in [0.4, 0.5) is 0 Å². The lowest BCUT2D eigenvalue weighted by atomic mass is 9.78. The summed E-state index contributed by atoms with van der Waals surface area (Å²) in [6, 6.07) is 8.73. The second kappa shape index (κ2) is 12.1. The van der Waals surface area contributed by atoms with Crippen LogP contribution in [0.1, 0.15) is 52.0 Å². The van der Waals surface area contributed by atoms with E-state index in [4.69, 9.17) is 0 Å². The molecule has 6 atom stereocenters. The Kier molecular flexibility index (Phi) is 8.76. The minimum absolute atomic E-state index is 0.0310. The molecule has 1 aromatic carbocycles. The molecule has 5 rings (SSSR count). The summed E-state index contributed by atoms with van der Waals surface area (Å²) in [5.74, 6) is -1.23. The number of carbonyl (C=O) groups excluding carboxylic acids is 3. The number of fused-ring (bicyclic) bond motifs is 2. The lowest BCUT2D eigenvalue weighted by molar-refractivity contribution is -0.147. The molecule has 4 heterocycles. The zero-order valence-electron chi connectivity index (χ0n) is 23.9. The SMILES string of the molecule is CCCCCN1CC=C[C@]23S[C@@H]4C=CCN(Cc5ccccc5)C(=O)[C@@H]4[C@H]2C(=O)N([C@@H](CO)CC(C)C)C3C1=O. The molecular weight excluding hydrogens is 522 g/mol. The van der Waals surface area contributed by atoms with Crippen LogP contribution in [-0.2, 0) is 20.9 Å². The van der Waals surface area contributed by atoms with Crippen LogP contribution in [0.3, 0.4) is 0 Å². The Balaban J connectivity index is 1.54. The fourth-order valence-corrected chi connectivity index (χ4v) is 9.08. The molecule has 0 aliphatic carbocycles. The smallest absolute Gasteiger partial charge is 0.247 e. The van der Waals surface area contributed by atoms with Crippen molar-refractivity contribution in [2.45, 2.75) is 75.1 Å². The van der Waals surface area contributed by atoms with Crippen molar-refractivity contribution in [3.05, 3.63) is 60.2 Å². The standard InChI is InChI=1S/C32H43N3O4S/c1-4-5-9-16-33-18-11-15-32-27(30(38)35(28(32)31(33)39)24(21-36)19-22(2)3)26-25(40-32)14-10-17-34(29(26)37)20-23-12-7-6-8-13-23/h6-8,10-15,22,24-28,36H,4-5,9,16-21H2,1-3H3/t24-,25-,26+,27+,28?,32+/m1/s1. The van der Waals surface area contributed by atoms with Crippen molar-refractivity contribution in [2.24, 2.45) is 17.8 Å². The highest BCUT2D eigenvalue weighted by atomic mass is 32.2. The summed E-state index contributed by atoms with van der Waals surface area (Å²) in [4.78, 5) is 48.6. The van der Waals surface area contributed by atoms with Crippen LogP contribution in [0.2, 0.25) is 0 Å². The molecule has 4 aliphatic heterocycles. The predicted molar refractivity (Wildman–Crippen MR) is 158 cm³/mol. The lowest BCUT2D eigenvalue weighted by Crippen LogP contribution is -2.56. The largest absolute Gasteiger partial charge is 0.394 e. The molecule has 0 bridgehead atoms. The summed E-state index contributed by atoms with van der Waals surface area (Å²) in [6.45, 7) is 8.19. The number of likely N-dealkylation sites (tertiary alicyclic amines) is 1. The summed E-state index contributed by atoms with van der Waals surface area (Å²) >= 11 is 1.61. The number of hydrogen-bond donors (Lipinski definition) is 1. The Morgan fingerprint density at radius 3 is 2.45 bits per heavy atom. The van der Waals surface area contributed by atoms with E-state index in [1.165, 1.54) is 0 Å². The molecule has 0 saturated carbocycles. The highest BCUT2D eigenvalue weighted by Gasteiger charge is 2.71. The average Bonchev–Trinajstić information content (AvgIpc) is 3.27. The van der Waals surface area contributed by atoms with E-state index in [0.29, 0.717) is 32.6 Å². The van der Waals surface area contributed by atoms with Gasteiger partial charge in [0, 0.05) is 31.4 Å². The normalized spacial score (nSPS) is 30.4. The number of aliphatic hydroxyl groups is 1. The molecule has 8 heteroatoms. The van der Waals surface area contributed by atoms with Gasteiger partial charge in [0.1, 0.15) is 6.04 Å². The van der Waals surface area contributed by atoms with E-state index in [9.17, 15) is 19.5 Å². The van der Waals surface area contributed by atoms with E-state index in [2.05, 4.69) is 32.9 Å². The number of rotatable bonds is 10. The van der Waals surface area contributed by atoms with Crippen molar-refractivity contribution in [1.29, 1.82) is 0 Å². The average molecular weight is 566 g/mol. The number of amides is 3. The van der Waals surface area contributed by atoms with Crippen LogP contribution in [0.15, 0.2) is 54.6 Å². The maximum absolute atomic E-state index is 14.5. The number of nitrogens with zero attached hydrogens (tertiary/aromatic N) is 3. The van der Waals surface area contributed by atoms with Gasteiger partial charge in [-0.2, -0.15) is 0 Å². The Bertz CT molecular complexity index is 1150. The number of hydrogen-bond acceptors (Lipinski definition) is 5. The Hall–Kier alpha value is -2.58. The maximum atomic E-state index is 14.5. The van der Waals surface area contributed by atoms with Gasteiger partial charge in [0.15, 0.2) is 0 Å². The van der Waals surface area contributed by atoms with E-state index in [-0.39, 0.29) is 35.5 Å². The number of carbonyl (C=O) groups is 3. The fourth-order valence-electron chi connectivity index (χ4n) is 7.09. The van der Waals surface area contributed by atoms with Crippen molar-refractivity contribution < 1.29 is 19.5 Å². The molecule has 1 spiro atoms. The predicted octanol–water partition coefficient (Wildman–Crippen LogP) is 3.88. The van der Waals surface area contributed by atoms with Gasteiger partial charge in [-0.1, -0.05) is 88.2 Å². The molecule has 0 radical (unpaired) electrons. The monoisotopic (exact) mass is 565 g/mol. The van der Waals surface area contributed by atoms with Crippen LogP contribution >= 0.6 is 11.8 Å². The van der Waals surface area contributed by atoms with Crippen molar-refractivity contribution in [1.82, 2.24) is 14.7 Å². The molecule has 0 aromatic heterocycles. The van der Waals surface area contributed by atoms with Crippen LogP contribution in [0, 0.1) is 17.8 Å². The van der Waals surface area contributed by atoms with Gasteiger partial charge in [-0.15, -0.1) is 11.8 Å². The highest BCUT2D eigenvalue weighted by molar-refractivity contribution is 8.02. The summed E-state index contributed by atoms with van der Waals surface area (Å²) < 4.78 is -0.844. The van der Waals surface area contributed by atoms with Crippen molar-refractivity contribution in [2.75, 3.05) is 26.2 Å². The molecule has 1 aromatic rings. The zero-order chi connectivity index (χ0) is 28.4. The summed E-state index contributed by atoms with van der Waals surface area (Å²) in [5, 5.41) is 10.3. The van der Waals surface area contributed by atoms with Crippen LogP contribution in [0.5, 0.6) is 0 Å². The van der Waals surface area contributed by atoms with Gasteiger partial charge >= 0.3 is 0 Å². The first kappa shape index (κ1) is 28.9. The number of unbranched alkanes of at least 4 members (excludes halogenated alkanes) is 2.